The van der Waals surface area contributed by atoms with Gasteiger partial charge in [-0.05, 0) is 49.7 Å². The van der Waals surface area contributed by atoms with E-state index in [1.165, 1.54) is 11.3 Å². The molecule has 29 heavy (non-hydrogen) atoms. The first-order valence-corrected chi connectivity index (χ1v) is 10.4. The van der Waals surface area contributed by atoms with E-state index in [1.807, 2.05) is 48.7 Å². The molecule has 1 fully saturated rings. The van der Waals surface area contributed by atoms with Crippen molar-refractivity contribution in [3.8, 4) is 17.0 Å². The van der Waals surface area contributed by atoms with Crippen LogP contribution in [0.3, 0.4) is 0 Å². The molecule has 1 aliphatic heterocycles. The van der Waals surface area contributed by atoms with Crippen molar-refractivity contribution < 1.29 is 14.3 Å². The van der Waals surface area contributed by atoms with Crippen molar-refractivity contribution in [2.45, 2.75) is 19.8 Å². The third-order valence-electron chi connectivity index (χ3n) is 4.70. The summed E-state index contributed by atoms with van der Waals surface area (Å²) in [6.07, 6.45) is 1.46. The molecule has 0 saturated carbocycles. The highest BCUT2D eigenvalue weighted by atomic mass is 32.1. The van der Waals surface area contributed by atoms with E-state index in [0.717, 1.165) is 35.7 Å². The van der Waals surface area contributed by atoms with Crippen LogP contribution in [-0.4, -0.2) is 29.9 Å². The van der Waals surface area contributed by atoms with E-state index in [4.69, 9.17) is 4.74 Å². The average molecular weight is 407 g/mol. The first-order valence-electron chi connectivity index (χ1n) is 9.55. The fourth-order valence-electron chi connectivity index (χ4n) is 3.30. The van der Waals surface area contributed by atoms with Gasteiger partial charge in [-0.25, -0.2) is 4.98 Å². The van der Waals surface area contributed by atoms with Crippen LogP contribution in [0, 0.1) is 0 Å². The number of aromatic nitrogens is 1. The highest BCUT2D eigenvalue weighted by Gasteiger charge is 2.21. The molecule has 1 N–H and O–H groups in total. The molecule has 6 nitrogen and oxygen atoms in total. The minimum atomic E-state index is -0.233. The quantitative estimate of drug-likeness (QED) is 0.649. The Morgan fingerprint density at radius 3 is 2.72 bits per heavy atom. The zero-order chi connectivity index (χ0) is 20.2. The summed E-state index contributed by atoms with van der Waals surface area (Å²) in [4.78, 5) is 30.7. The Balaban J connectivity index is 1.46. The molecule has 1 aliphatic rings. The van der Waals surface area contributed by atoms with Crippen LogP contribution in [0.4, 0.5) is 10.8 Å². The van der Waals surface area contributed by atoms with E-state index in [0.29, 0.717) is 23.7 Å². The summed E-state index contributed by atoms with van der Waals surface area (Å²) in [7, 11) is 0. The van der Waals surface area contributed by atoms with Gasteiger partial charge in [0.05, 0.1) is 12.3 Å². The van der Waals surface area contributed by atoms with Crippen LogP contribution < -0.4 is 15.0 Å². The van der Waals surface area contributed by atoms with E-state index < -0.39 is 0 Å². The van der Waals surface area contributed by atoms with Crippen LogP contribution >= 0.6 is 11.3 Å². The summed E-state index contributed by atoms with van der Waals surface area (Å²) < 4.78 is 5.66. The number of rotatable bonds is 6. The maximum absolute atomic E-state index is 12.6. The van der Waals surface area contributed by atoms with E-state index in [-0.39, 0.29) is 11.8 Å². The van der Waals surface area contributed by atoms with Gasteiger partial charge in [0.1, 0.15) is 5.75 Å². The topological polar surface area (TPSA) is 71.5 Å². The van der Waals surface area contributed by atoms with Crippen LogP contribution in [0.1, 0.15) is 30.1 Å². The summed E-state index contributed by atoms with van der Waals surface area (Å²) in [5.41, 5.74) is 3.00. The van der Waals surface area contributed by atoms with Crippen molar-refractivity contribution in [1.29, 1.82) is 0 Å². The Kier molecular flexibility index (Phi) is 5.57. The third kappa shape index (κ3) is 4.14. The van der Waals surface area contributed by atoms with Gasteiger partial charge in [-0.3, -0.25) is 14.9 Å². The third-order valence-corrected chi connectivity index (χ3v) is 5.46. The molecule has 1 saturated heterocycles. The maximum atomic E-state index is 12.6. The normalized spacial score (nSPS) is 13.6. The molecule has 2 heterocycles. The molecule has 4 rings (SSSR count). The lowest BCUT2D eigenvalue weighted by molar-refractivity contribution is -0.117. The fraction of sp³-hybridized carbons (Fsp3) is 0.227. The Hall–Kier alpha value is -3.19. The fourth-order valence-corrected chi connectivity index (χ4v) is 4.00. The van der Waals surface area contributed by atoms with Gasteiger partial charge >= 0.3 is 0 Å². The SMILES string of the molecule is CCOc1ccccc1-c1csc(NC(=O)c2ccc(N3CCCC3=O)cc2)n1. The number of anilines is 2. The van der Waals surface area contributed by atoms with Gasteiger partial charge in [0, 0.05) is 35.2 Å². The van der Waals surface area contributed by atoms with Gasteiger partial charge in [-0.2, -0.15) is 0 Å². The summed E-state index contributed by atoms with van der Waals surface area (Å²) in [6, 6.07) is 14.8. The molecule has 148 valence electrons. The van der Waals surface area contributed by atoms with Crippen molar-refractivity contribution in [3.63, 3.8) is 0 Å². The molecule has 0 spiro atoms. The van der Waals surface area contributed by atoms with Gasteiger partial charge < -0.3 is 9.64 Å². The van der Waals surface area contributed by atoms with Crippen LogP contribution in [0.5, 0.6) is 5.75 Å². The molecule has 3 aromatic rings. The first kappa shape index (κ1) is 19.1. The van der Waals surface area contributed by atoms with Crippen LogP contribution in [-0.2, 0) is 4.79 Å². The number of hydrogen-bond donors (Lipinski definition) is 1. The van der Waals surface area contributed by atoms with Gasteiger partial charge in [0.25, 0.3) is 5.91 Å². The maximum Gasteiger partial charge on any atom is 0.257 e. The van der Waals surface area contributed by atoms with E-state index >= 15 is 0 Å². The van der Waals surface area contributed by atoms with Crippen molar-refractivity contribution in [1.82, 2.24) is 4.98 Å². The predicted octanol–water partition coefficient (Wildman–Crippen LogP) is 4.59. The van der Waals surface area contributed by atoms with Gasteiger partial charge in [0.2, 0.25) is 5.91 Å². The molecule has 0 atom stereocenters. The predicted molar refractivity (Wildman–Crippen MR) is 115 cm³/mol. The summed E-state index contributed by atoms with van der Waals surface area (Å²) >= 11 is 1.37. The zero-order valence-corrected chi connectivity index (χ0v) is 16.9. The first-order chi connectivity index (χ1) is 14.2. The van der Waals surface area contributed by atoms with Crippen molar-refractivity contribution in [2.75, 3.05) is 23.4 Å². The smallest absolute Gasteiger partial charge is 0.257 e. The monoisotopic (exact) mass is 407 g/mol. The lowest BCUT2D eigenvalue weighted by Crippen LogP contribution is -2.23. The number of para-hydroxylation sites is 1. The Morgan fingerprint density at radius 2 is 2.00 bits per heavy atom. The molecule has 0 bridgehead atoms. The second-order valence-electron chi connectivity index (χ2n) is 6.62. The Labute approximate surface area is 173 Å². The van der Waals surface area contributed by atoms with Crippen molar-refractivity contribution in [3.05, 3.63) is 59.5 Å². The standard InChI is InChI=1S/C22H21N3O3S/c1-2-28-19-7-4-3-6-17(19)18-14-29-22(23-18)24-21(27)15-9-11-16(12-10-15)25-13-5-8-20(25)26/h3-4,6-7,9-12,14H,2,5,8,13H2,1H3,(H,23,24,27). The number of nitrogens with zero attached hydrogens (tertiary/aromatic N) is 2. The number of ether oxygens (including phenoxy) is 1. The average Bonchev–Trinajstić information content (AvgIpc) is 3.38. The Morgan fingerprint density at radius 1 is 1.21 bits per heavy atom. The van der Waals surface area contributed by atoms with Crippen LogP contribution in [0.25, 0.3) is 11.3 Å². The molecular formula is C22H21N3O3S. The number of nitrogens with one attached hydrogen (secondary N) is 1. The van der Waals surface area contributed by atoms with E-state index in [1.54, 1.807) is 17.0 Å². The summed E-state index contributed by atoms with van der Waals surface area (Å²) in [5.74, 6) is 0.665. The lowest BCUT2D eigenvalue weighted by atomic mass is 10.1. The molecule has 0 aliphatic carbocycles. The number of thiazole rings is 1. The largest absolute Gasteiger partial charge is 0.493 e. The highest BCUT2D eigenvalue weighted by Crippen LogP contribution is 2.32. The molecule has 0 unspecified atom stereocenters. The Bertz CT molecular complexity index is 1030. The highest BCUT2D eigenvalue weighted by molar-refractivity contribution is 7.14. The van der Waals surface area contributed by atoms with E-state index in [9.17, 15) is 9.59 Å². The molecule has 1 aromatic heterocycles. The number of carbonyl (C=O) groups excluding carboxylic acids is 2. The molecule has 2 amide bonds. The van der Waals surface area contributed by atoms with Gasteiger partial charge in [0.15, 0.2) is 5.13 Å². The minimum Gasteiger partial charge on any atom is -0.493 e. The molecule has 7 heteroatoms. The lowest BCUT2D eigenvalue weighted by Gasteiger charge is -2.15. The van der Waals surface area contributed by atoms with Gasteiger partial charge in [-0.15, -0.1) is 11.3 Å². The van der Waals surface area contributed by atoms with Crippen molar-refractivity contribution >= 4 is 34.0 Å². The summed E-state index contributed by atoms with van der Waals surface area (Å²) in [5, 5.41) is 5.27. The second-order valence-corrected chi connectivity index (χ2v) is 7.48. The van der Waals surface area contributed by atoms with Crippen LogP contribution in [0.2, 0.25) is 0 Å². The molecule has 0 radical (unpaired) electrons. The number of hydrogen-bond acceptors (Lipinski definition) is 5. The minimum absolute atomic E-state index is 0.129. The number of benzene rings is 2. The van der Waals surface area contributed by atoms with Crippen molar-refractivity contribution in [2.24, 2.45) is 0 Å². The van der Waals surface area contributed by atoms with E-state index in [2.05, 4.69) is 10.3 Å². The number of carbonyl (C=O) groups is 2. The zero-order valence-electron chi connectivity index (χ0n) is 16.1. The number of amides is 2. The van der Waals surface area contributed by atoms with Crippen LogP contribution in [0.15, 0.2) is 53.9 Å². The molecule has 2 aromatic carbocycles. The second kappa shape index (κ2) is 8.45. The molecular weight excluding hydrogens is 386 g/mol. The van der Waals surface area contributed by atoms with Gasteiger partial charge in [-0.1, -0.05) is 12.1 Å². The summed E-state index contributed by atoms with van der Waals surface area (Å²) in [6.45, 7) is 3.24.